The lowest BCUT2D eigenvalue weighted by molar-refractivity contribution is -0.147. The van der Waals surface area contributed by atoms with Crippen LogP contribution >= 0.6 is 0 Å². The van der Waals surface area contributed by atoms with Gasteiger partial charge in [0.2, 0.25) is 15.8 Å². The molecule has 21 heavy (non-hydrogen) atoms. The Kier molecular flexibility index (Phi) is 3.91. The first-order valence-electron chi connectivity index (χ1n) is 6.19. The molecule has 0 aliphatic carbocycles. The largest absolute Gasteiger partial charge is 0.451 e. The highest BCUT2D eigenvalue weighted by Crippen LogP contribution is 2.28. The van der Waals surface area contributed by atoms with Gasteiger partial charge in [-0.15, -0.1) is 5.10 Å². The number of hydrogen-bond acceptors (Lipinski definition) is 4. The molecule has 7 nitrogen and oxygen atoms in total. The van der Waals surface area contributed by atoms with Gasteiger partial charge in [-0.3, -0.25) is 4.57 Å². The van der Waals surface area contributed by atoms with Gasteiger partial charge in [0, 0.05) is 20.1 Å². The van der Waals surface area contributed by atoms with E-state index in [1.54, 1.807) is 0 Å². The lowest BCUT2D eigenvalue weighted by Crippen LogP contribution is -2.40. The molecule has 0 atom stereocenters. The van der Waals surface area contributed by atoms with Gasteiger partial charge in [0.05, 0.1) is 12.3 Å². The summed E-state index contributed by atoms with van der Waals surface area (Å²) >= 11 is 0. The molecular weight excluding hydrogens is 313 g/mol. The zero-order chi connectivity index (χ0) is 16.0. The fourth-order valence-electron chi connectivity index (χ4n) is 2.36. The molecule has 1 aromatic rings. The van der Waals surface area contributed by atoms with E-state index in [-0.39, 0.29) is 25.9 Å². The first kappa shape index (κ1) is 16.0. The van der Waals surface area contributed by atoms with E-state index in [0.717, 1.165) is 18.0 Å². The van der Waals surface area contributed by atoms with Crippen molar-refractivity contribution in [3.63, 3.8) is 0 Å². The summed E-state index contributed by atoms with van der Waals surface area (Å²) in [7, 11) is -2.31. The molecule has 1 fully saturated rings. The Hall–Kier alpha value is -1.36. The fraction of sp³-hybridized carbons (Fsp3) is 0.800. The van der Waals surface area contributed by atoms with E-state index in [1.165, 1.54) is 4.31 Å². The van der Waals surface area contributed by atoms with E-state index in [1.807, 2.05) is 0 Å². The third-order valence-electron chi connectivity index (χ3n) is 3.49. The number of rotatable bonds is 2. The van der Waals surface area contributed by atoms with Crippen molar-refractivity contribution < 1.29 is 21.6 Å². The Labute approximate surface area is 119 Å². The van der Waals surface area contributed by atoms with Gasteiger partial charge in [0.1, 0.15) is 0 Å². The molecule has 0 aromatic carbocycles. The van der Waals surface area contributed by atoms with Crippen LogP contribution in [0.1, 0.15) is 24.7 Å². The molecule has 11 heteroatoms. The van der Waals surface area contributed by atoms with Gasteiger partial charge < -0.3 is 0 Å². The van der Waals surface area contributed by atoms with Crippen LogP contribution in [0.15, 0.2) is 4.79 Å². The number of nitrogens with zero attached hydrogens (tertiary/aromatic N) is 4. The number of hydrogen-bond donors (Lipinski definition) is 0. The van der Waals surface area contributed by atoms with E-state index >= 15 is 0 Å². The summed E-state index contributed by atoms with van der Waals surface area (Å²) in [6, 6.07) is -0.530. The number of piperidine rings is 1. The average molecular weight is 328 g/mol. The van der Waals surface area contributed by atoms with Crippen LogP contribution in [0, 0.1) is 0 Å². The summed E-state index contributed by atoms with van der Waals surface area (Å²) in [6.07, 6.45) is -3.13. The molecule has 1 saturated heterocycles. The molecular formula is C10H15F3N4O3S. The maximum absolute atomic E-state index is 12.7. The van der Waals surface area contributed by atoms with Gasteiger partial charge in [-0.1, -0.05) is 0 Å². The van der Waals surface area contributed by atoms with Crippen molar-refractivity contribution in [2.24, 2.45) is 7.05 Å². The predicted molar refractivity (Wildman–Crippen MR) is 67.2 cm³/mol. The quantitative estimate of drug-likeness (QED) is 0.777. The molecule has 1 aliphatic heterocycles. The third kappa shape index (κ3) is 3.12. The lowest BCUT2D eigenvalue weighted by Gasteiger charge is -2.29. The van der Waals surface area contributed by atoms with Crippen molar-refractivity contribution in [2.45, 2.75) is 25.1 Å². The van der Waals surface area contributed by atoms with Gasteiger partial charge in [-0.25, -0.2) is 22.2 Å². The van der Waals surface area contributed by atoms with Crippen molar-refractivity contribution in [3.8, 4) is 0 Å². The first-order chi connectivity index (χ1) is 9.51. The van der Waals surface area contributed by atoms with Crippen LogP contribution in [0.3, 0.4) is 0 Å². The summed E-state index contributed by atoms with van der Waals surface area (Å²) in [6.45, 7) is 0.321. The standard InChI is InChI=1S/C10H15F3N4O3S/c1-15-8(10(11,12)13)14-17(9(15)18)7-3-5-16(6-4-7)21(2,19)20/h7H,3-6H2,1-2H3. The maximum Gasteiger partial charge on any atom is 0.451 e. The van der Waals surface area contributed by atoms with Crippen LogP contribution in [0.5, 0.6) is 0 Å². The summed E-state index contributed by atoms with van der Waals surface area (Å²) in [5.41, 5.74) is -0.847. The van der Waals surface area contributed by atoms with Gasteiger partial charge in [0.25, 0.3) is 0 Å². The Balaban J connectivity index is 2.24. The van der Waals surface area contributed by atoms with E-state index in [0.29, 0.717) is 4.57 Å². The molecule has 1 aromatic heterocycles. The molecule has 0 bridgehead atoms. The average Bonchev–Trinajstić information content (AvgIpc) is 2.65. The highest BCUT2D eigenvalue weighted by atomic mass is 32.2. The number of sulfonamides is 1. The molecule has 0 N–H and O–H groups in total. The van der Waals surface area contributed by atoms with Crippen LogP contribution < -0.4 is 5.69 Å². The second-order valence-corrected chi connectivity index (χ2v) is 6.98. The zero-order valence-corrected chi connectivity index (χ0v) is 12.3. The zero-order valence-electron chi connectivity index (χ0n) is 11.5. The first-order valence-corrected chi connectivity index (χ1v) is 8.04. The van der Waals surface area contributed by atoms with Gasteiger partial charge in [-0.05, 0) is 12.8 Å². The minimum atomic E-state index is -4.70. The van der Waals surface area contributed by atoms with Gasteiger partial charge in [0.15, 0.2) is 0 Å². The Morgan fingerprint density at radius 2 is 1.76 bits per heavy atom. The van der Waals surface area contributed by atoms with E-state index in [4.69, 9.17) is 0 Å². The fourth-order valence-corrected chi connectivity index (χ4v) is 3.23. The number of aromatic nitrogens is 3. The summed E-state index contributed by atoms with van der Waals surface area (Å²) < 4.78 is 63.4. The van der Waals surface area contributed by atoms with Gasteiger partial charge in [-0.2, -0.15) is 13.2 Å². The summed E-state index contributed by atoms with van der Waals surface area (Å²) in [5.74, 6) is -1.25. The minimum Gasteiger partial charge on any atom is -0.274 e. The van der Waals surface area contributed by atoms with Crippen LogP contribution in [-0.2, 0) is 23.2 Å². The van der Waals surface area contributed by atoms with E-state index < -0.39 is 33.8 Å². The molecule has 1 aliphatic rings. The molecule has 120 valence electrons. The maximum atomic E-state index is 12.7. The SMILES string of the molecule is Cn1c(C(F)(F)F)nn(C2CCN(S(C)(=O)=O)CC2)c1=O. The van der Waals surface area contributed by atoms with Crippen LogP contribution in [0.2, 0.25) is 0 Å². The monoisotopic (exact) mass is 328 g/mol. The van der Waals surface area contributed by atoms with E-state index in [9.17, 15) is 26.4 Å². The Morgan fingerprint density at radius 3 is 2.14 bits per heavy atom. The lowest BCUT2D eigenvalue weighted by atomic mass is 10.1. The Morgan fingerprint density at radius 1 is 1.24 bits per heavy atom. The second kappa shape index (κ2) is 5.13. The number of halogens is 3. The summed E-state index contributed by atoms with van der Waals surface area (Å²) in [5, 5.41) is 3.37. The van der Waals surface area contributed by atoms with Crippen LogP contribution in [0.25, 0.3) is 0 Å². The second-order valence-electron chi connectivity index (χ2n) is 5.00. The van der Waals surface area contributed by atoms with Crippen molar-refractivity contribution in [1.82, 2.24) is 18.7 Å². The van der Waals surface area contributed by atoms with Crippen molar-refractivity contribution in [3.05, 3.63) is 16.3 Å². The predicted octanol–water partition coefficient (Wildman–Crippen LogP) is 0.197. The smallest absolute Gasteiger partial charge is 0.274 e. The van der Waals surface area contributed by atoms with Crippen molar-refractivity contribution in [2.75, 3.05) is 19.3 Å². The van der Waals surface area contributed by atoms with E-state index in [2.05, 4.69) is 5.10 Å². The van der Waals surface area contributed by atoms with Crippen LogP contribution in [-0.4, -0.2) is 46.4 Å². The normalized spacial score (nSPS) is 19.1. The molecule has 0 amide bonds. The van der Waals surface area contributed by atoms with Crippen LogP contribution in [0.4, 0.5) is 13.2 Å². The van der Waals surface area contributed by atoms with Crippen molar-refractivity contribution in [1.29, 1.82) is 0 Å². The molecule has 2 rings (SSSR count). The Bertz CT molecular complexity index is 683. The highest BCUT2D eigenvalue weighted by Gasteiger charge is 2.39. The topological polar surface area (TPSA) is 77.2 Å². The number of alkyl halides is 3. The third-order valence-corrected chi connectivity index (χ3v) is 4.80. The molecule has 2 heterocycles. The highest BCUT2D eigenvalue weighted by molar-refractivity contribution is 7.88. The molecule has 0 spiro atoms. The molecule has 0 radical (unpaired) electrons. The molecule has 0 saturated carbocycles. The summed E-state index contributed by atoms with van der Waals surface area (Å²) in [4.78, 5) is 11.8. The van der Waals surface area contributed by atoms with Gasteiger partial charge >= 0.3 is 11.9 Å². The molecule has 0 unspecified atom stereocenters. The minimum absolute atomic E-state index is 0.161. The van der Waals surface area contributed by atoms with Crippen molar-refractivity contribution >= 4 is 10.0 Å².